The van der Waals surface area contributed by atoms with Crippen LogP contribution in [0.25, 0.3) is 6.08 Å². The van der Waals surface area contributed by atoms with E-state index < -0.39 is 21.6 Å². The second-order valence-corrected chi connectivity index (χ2v) is 6.00. The van der Waals surface area contributed by atoms with E-state index in [1.165, 1.54) is 18.2 Å². The number of anilines is 1. The molecule has 0 aliphatic heterocycles. The molecular weight excluding hydrogens is 316 g/mol. The topological polar surface area (TPSA) is 89.3 Å². The first-order valence-corrected chi connectivity index (χ1v) is 8.19. The number of nitrogens with zero attached hydrogens (tertiary/aromatic N) is 1. The molecule has 23 heavy (non-hydrogen) atoms. The predicted molar refractivity (Wildman–Crippen MR) is 89.5 cm³/mol. The average Bonchev–Trinajstić information content (AvgIpc) is 2.53. The van der Waals surface area contributed by atoms with Gasteiger partial charge in [0.25, 0.3) is 5.69 Å². The van der Waals surface area contributed by atoms with Gasteiger partial charge in [-0.05, 0) is 30.3 Å². The van der Waals surface area contributed by atoms with E-state index in [1.807, 2.05) is 0 Å². The zero-order valence-electron chi connectivity index (χ0n) is 12.3. The summed E-state index contributed by atoms with van der Waals surface area (Å²) in [6.45, 7) is 0. The van der Waals surface area contributed by atoms with Gasteiger partial charge in [0.15, 0.2) is 0 Å². The predicted octanol–water partition coefficient (Wildman–Crippen LogP) is 2.98. The van der Waals surface area contributed by atoms with Crippen LogP contribution in [0.15, 0.2) is 59.5 Å². The van der Waals surface area contributed by atoms with Gasteiger partial charge in [-0.25, -0.2) is 0 Å². The van der Waals surface area contributed by atoms with Gasteiger partial charge in [0.2, 0.25) is 5.91 Å². The number of rotatable bonds is 5. The Bertz CT molecular complexity index is 802. The highest BCUT2D eigenvalue weighted by Crippen LogP contribution is 2.19. The standard InChI is InChI=1S/C16H14N2O4S/c1-23(22)14-7-4-6-13(11-14)17-16(19)10-9-12-5-2-3-8-15(12)18(20)21/h2-11H,1H3,(H,17,19)/b10-9+. The van der Waals surface area contributed by atoms with Gasteiger partial charge >= 0.3 is 0 Å². The maximum absolute atomic E-state index is 11.9. The normalized spacial score (nSPS) is 12.0. The summed E-state index contributed by atoms with van der Waals surface area (Å²) in [5.41, 5.74) is 0.783. The quantitative estimate of drug-likeness (QED) is 0.518. The monoisotopic (exact) mass is 330 g/mol. The van der Waals surface area contributed by atoms with Crippen LogP contribution in [0, 0.1) is 10.1 Å². The Morgan fingerprint density at radius 3 is 2.65 bits per heavy atom. The molecule has 0 saturated carbocycles. The van der Waals surface area contributed by atoms with Gasteiger partial charge in [-0.15, -0.1) is 0 Å². The maximum atomic E-state index is 11.9. The SMILES string of the molecule is CS(=O)c1cccc(NC(=O)/C=C/c2ccccc2[N+](=O)[O-])c1. The number of amides is 1. The molecule has 7 heteroatoms. The molecule has 1 unspecified atom stereocenters. The van der Waals surface area contributed by atoms with Crippen molar-refractivity contribution in [3.63, 3.8) is 0 Å². The average molecular weight is 330 g/mol. The van der Waals surface area contributed by atoms with Crippen molar-refractivity contribution in [2.75, 3.05) is 11.6 Å². The van der Waals surface area contributed by atoms with E-state index in [9.17, 15) is 19.1 Å². The van der Waals surface area contributed by atoms with Crippen LogP contribution in [0.4, 0.5) is 11.4 Å². The van der Waals surface area contributed by atoms with Crippen molar-refractivity contribution in [1.29, 1.82) is 0 Å². The summed E-state index contributed by atoms with van der Waals surface area (Å²) in [5.74, 6) is -0.429. The fourth-order valence-corrected chi connectivity index (χ4v) is 2.46. The Balaban J connectivity index is 2.12. The smallest absolute Gasteiger partial charge is 0.276 e. The molecule has 0 aromatic heterocycles. The van der Waals surface area contributed by atoms with Crippen molar-refractivity contribution in [1.82, 2.24) is 0 Å². The lowest BCUT2D eigenvalue weighted by Crippen LogP contribution is -2.08. The van der Waals surface area contributed by atoms with Crippen LogP contribution in [0.1, 0.15) is 5.56 Å². The van der Waals surface area contributed by atoms with Crippen molar-refractivity contribution in [3.8, 4) is 0 Å². The van der Waals surface area contributed by atoms with Gasteiger partial charge in [-0.1, -0.05) is 18.2 Å². The molecule has 1 atom stereocenters. The molecule has 2 rings (SSSR count). The number of hydrogen-bond donors (Lipinski definition) is 1. The minimum atomic E-state index is -1.14. The molecule has 2 aromatic rings. The highest BCUT2D eigenvalue weighted by molar-refractivity contribution is 7.84. The van der Waals surface area contributed by atoms with Crippen LogP contribution in [0.2, 0.25) is 0 Å². The lowest BCUT2D eigenvalue weighted by Gasteiger charge is -2.04. The van der Waals surface area contributed by atoms with Crippen LogP contribution < -0.4 is 5.32 Å². The van der Waals surface area contributed by atoms with E-state index in [4.69, 9.17) is 0 Å². The zero-order valence-corrected chi connectivity index (χ0v) is 13.1. The van der Waals surface area contributed by atoms with E-state index in [2.05, 4.69) is 5.32 Å². The van der Waals surface area contributed by atoms with Crippen molar-refractivity contribution >= 4 is 34.2 Å². The molecule has 0 heterocycles. The van der Waals surface area contributed by atoms with Crippen molar-refractivity contribution < 1.29 is 13.9 Å². The molecule has 1 N–H and O–H groups in total. The molecule has 0 saturated heterocycles. The van der Waals surface area contributed by atoms with Crippen LogP contribution in [-0.2, 0) is 15.6 Å². The van der Waals surface area contributed by atoms with Crippen LogP contribution >= 0.6 is 0 Å². The summed E-state index contributed by atoms with van der Waals surface area (Å²) in [4.78, 5) is 22.9. The summed E-state index contributed by atoms with van der Waals surface area (Å²) in [6.07, 6.45) is 4.16. The fraction of sp³-hybridized carbons (Fsp3) is 0.0625. The Morgan fingerprint density at radius 1 is 1.22 bits per heavy atom. The van der Waals surface area contributed by atoms with Crippen molar-refractivity contribution in [2.45, 2.75) is 4.90 Å². The maximum Gasteiger partial charge on any atom is 0.276 e. The largest absolute Gasteiger partial charge is 0.322 e. The van der Waals surface area contributed by atoms with Crippen LogP contribution in [0.3, 0.4) is 0 Å². The summed E-state index contributed by atoms with van der Waals surface area (Å²) in [5, 5.41) is 13.5. The Hall–Kier alpha value is -2.80. The number of carbonyl (C=O) groups is 1. The van der Waals surface area contributed by atoms with E-state index in [-0.39, 0.29) is 5.69 Å². The van der Waals surface area contributed by atoms with Crippen LogP contribution in [0.5, 0.6) is 0 Å². The summed E-state index contributed by atoms with van der Waals surface area (Å²) < 4.78 is 11.4. The number of carbonyl (C=O) groups excluding carboxylic acids is 1. The molecule has 0 radical (unpaired) electrons. The number of nitro groups is 1. The third-order valence-corrected chi connectivity index (χ3v) is 3.90. The van der Waals surface area contributed by atoms with Gasteiger partial charge in [0, 0.05) is 39.8 Å². The molecule has 0 bridgehead atoms. The highest BCUT2D eigenvalue weighted by Gasteiger charge is 2.09. The Kier molecular flexibility index (Phi) is 5.37. The molecule has 118 valence electrons. The highest BCUT2D eigenvalue weighted by atomic mass is 32.2. The number of nitrogens with one attached hydrogen (secondary N) is 1. The summed E-state index contributed by atoms with van der Waals surface area (Å²) in [6, 6.07) is 12.8. The van der Waals surface area contributed by atoms with Crippen molar-refractivity contribution in [3.05, 3.63) is 70.3 Å². The second kappa shape index (κ2) is 7.46. The first kappa shape index (κ1) is 16.6. The zero-order chi connectivity index (χ0) is 16.8. The summed E-state index contributed by atoms with van der Waals surface area (Å²) >= 11 is 0. The Labute approximate surface area is 135 Å². The Morgan fingerprint density at radius 2 is 1.96 bits per heavy atom. The first-order chi connectivity index (χ1) is 11.0. The lowest BCUT2D eigenvalue weighted by atomic mass is 10.1. The van der Waals surface area contributed by atoms with Gasteiger partial charge in [-0.2, -0.15) is 0 Å². The van der Waals surface area contributed by atoms with E-state index in [1.54, 1.807) is 48.7 Å². The molecule has 6 nitrogen and oxygen atoms in total. The summed E-state index contributed by atoms with van der Waals surface area (Å²) in [7, 11) is -1.14. The molecule has 0 spiro atoms. The molecule has 1 amide bonds. The van der Waals surface area contributed by atoms with Crippen LogP contribution in [-0.4, -0.2) is 21.3 Å². The number of para-hydroxylation sites is 1. The third-order valence-electron chi connectivity index (χ3n) is 2.98. The number of benzene rings is 2. The van der Waals surface area contributed by atoms with E-state index >= 15 is 0 Å². The molecule has 0 aliphatic carbocycles. The minimum absolute atomic E-state index is 0.0695. The van der Waals surface area contributed by atoms with Gasteiger partial charge in [0.1, 0.15) is 0 Å². The van der Waals surface area contributed by atoms with Gasteiger partial charge in [0.05, 0.1) is 10.5 Å². The number of nitro benzene ring substituents is 1. The molecular formula is C16H14N2O4S. The van der Waals surface area contributed by atoms with Gasteiger partial charge in [-0.3, -0.25) is 19.1 Å². The lowest BCUT2D eigenvalue weighted by molar-refractivity contribution is -0.385. The minimum Gasteiger partial charge on any atom is -0.322 e. The molecule has 0 aliphatic rings. The first-order valence-electron chi connectivity index (χ1n) is 6.63. The van der Waals surface area contributed by atoms with Gasteiger partial charge < -0.3 is 5.32 Å². The molecule has 2 aromatic carbocycles. The fourth-order valence-electron chi connectivity index (χ4n) is 1.90. The van der Waals surface area contributed by atoms with E-state index in [0.29, 0.717) is 16.1 Å². The number of hydrogen-bond acceptors (Lipinski definition) is 4. The third kappa shape index (κ3) is 4.58. The van der Waals surface area contributed by atoms with Crippen molar-refractivity contribution in [2.24, 2.45) is 0 Å². The molecule has 0 fully saturated rings. The second-order valence-electron chi connectivity index (χ2n) is 4.62. The van der Waals surface area contributed by atoms with E-state index in [0.717, 1.165) is 0 Å².